The van der Waals surface area contributed by atoms with Crippen LogP contribution in [0.5, 0.6) is 0 Å². The van der Waals surface area contributed by atoms with E-state index in [2.05, 4.69) is 26.3 Å². The summed E-state index contributed by atoms with van der Waals surface area (Å²) in [7, 11) is 0. The lowest BCUT2D eigenvalue weighted by molar-refractivity contribution is 0.424. The summed E-state index contributed by atoms with van der Waals surface area (Å²) in [4.78, 5) is 0. The van der Waals surface area contributed by atoms with Crippen molar-refractivity contribution in [1.82, 2.24) is 10.4 Å². The van der Waals surface area contributed by atoms with E-state index < -0.39 is 0 Å². The molecule has 1 heterocycles. The zero-order valence-corrected chi connectivity index (χ0v) is 6.50. The summed E-state index contributed by atoms with van der Waals surface area (Å²) in [5, 5.41) is 7.13. The molecular formula is C6H3BrN2O. The summed E-state index contributed by atoms with van der Waals surface area (Å²) in [6.07, 6.45) is 0. The van der Waals surface area contributed by atoms with Crippen molar-refractivity contribution in [1.29, 1.82) is 0 Å². The lowest BCUT2D eigenvalue weighted by Crippen LogP contribution is -1.67. The Morgan fingerprint density at radius 3 is 3.20 bits per heavy atom. The smallest absolute Gasteiger partial charge is 0.187 e. The first kappa shape index (κ1) is 5.85. The lowest BCUT2D eigenvalue weighted by atomic mass is 10.3. The van der Waals surface area contributed by atoms with E-state index >= 15 is 0 Å². The van der Waals surface area contributed by atoms with Crippen molar-refractivity contribution in [3.8, 4) is 0 Å². The standard InChI is InChI=1S/C6H3BrN2O/c7-4-1-2-6-5(3-4)8-9-10-6/h1-3H. The fourth-order valence-electron chi connectivity index (χ4n) is 0.754. The van der Waals surface area contributed by atoms with E-state index in [-0.39, 0.29) is 0 Å². The minimum Gasteiger partial charge on any atom is -0.337 e. The monoisotopic (exact) mass is 198 g/mol. The van der Waals surface area contributed by atoms with Gasteiger partial charge in [-0.25, -0.2) is 0 Å². The Labute approximate surface area is 65.1 Å². The summed E-state index contributed by atoms with van der Waals surface area (Å²) in [5.74, 6) is 0. The van der Waals surface area contributed by atoms with Crippen LogP contribution in [0.25, 0.3) is 11.1 Å². The van der Waals surface area contributed by atoms with Gasteiger partial charge in [0, 0.05) is 9.74 Å². The Morgan fingerprint density at radius 1 is 1.40 bits per heavy atom. The van der Waals surface area contributed by atoms with Gasteiger partial charge in [-0.1, -0.05) is 15.9 Å². The van der Waals surface area contributed by atoms with Crippen LogP contribution < -0.4 is 0 Å². The first-order valence-electron chi connectivity index (χ1n) is 2.74. The van der Waals surface area contributed by atoms with Crippen molar-refractivity contribution < 1.29 is 4.52 Å². The fraction of sp³-hybridized carbons (Fsp3) is 0. The van der Waals surface area contributed by atoms with Gasteiger partial charge in [0.15, 0.2) is 5.58 Å². The summed E-state index contributed by atoms with van der Waals surface area (Å²) in [6, 6.07) is 5.56. The molecular weight excluding hydrogens is 196 g/mol. The summed E-state index contributed by atoms with van der Waals surface area (Å²) in [5.41, 5.74) is 1.48. The molecule has 0 spiro atoms. The lowest BCUT2D eigenvalue weighted by Gasteiger charge is -1.84. The van der Waals surface area contributed by atoms with E-state index in [9.17, 15) is 0 Å². The van der Waals surface area contributed by atoms with Crippen LogP contribution in [0.1, 0.15) is 0 Å². The molecule has 0 unspecified atom stereocenters. The van der Waals surface area contributed by atoms with E-state index in [0.29, 0.717) is 5.58 Å². The highest BCUT2D eigenvalue weighted by Gasteiger charge is 1.97. The molecule has 0 aliphatic rings. The molecule has 2 aromatic rings. The van der Waals surface area contributed by atoms with E-state index in [0.717, 1.165) is 9.99 Å². The average molecular weight is 199 g/mol. The number of halogens is 1. The highest BCUT2D eigenvalue weighted by Crippen LogP contribution is 2.16. The molecule has 0 atom stereocenters. The molecule has 0 radical (unpaired) electrons. The molecule has 4 heteroatoms. The third-order valence-electron chi connectivity index (χ3n) is 1.21. The minimum atomic E-state index is 0.711. The predicted molar refractivity (Wildman–Crippen MR) is 39.5 cm³/mol. The van der Waals surface area contributed by atoms with Crippen LogP contribution in [0.2, 0.25) is 0 Å². The van der Waals surface area contributed by atoms with Gasteiger partial charge >= 0.3 is 0 Å². The first-order valence-corrected chi connectivity index (χ1v) is 3.53. The molecule has 0 aliphatic carbocycles. The average Bonchev–Trinajstić information content (AvgIpc) is 2.33. The van der Waals surface area contributed by atoms with E-state index in [1.165, 1.54) is 0 Å². The SMILES string of the molecule is Brc1ccc2onnc2c1. The van der Waals surface area contributed by atoms with Gasteiger partial charge < -0.3 is 4.52 Å². The van der Waals surface area contributed by atoms with Crippen LogP contribution in [0.4, 0.5) is 0 Å². The van der Waals surface area contributed by atoms with Crippen molar-refractivity contribution in [2.75, 3.05) is 0 Å². The highest BCUT2D eigenvalue weighted by molar-refractivity contribution is 9.10. The molecule has 1 aromatic heterocycles. The van der Waals surface area contributed by atoms with Gasteiger partial charge in [-0.15, -0.1) is 5.10 Å². The number of benzene rings is 1. The normalized spacial score (nSPS) is 10.5. The fourth-order valence-corrected chi connectivity index (χ4v) is 1.10. The second kappa shape index (κ2) is 2.05. The first-order chi connectivity index (χ1) is 4.86. The minimum absolute atomic E-state index is 0.711. The number of rotatable bonds is 0. The second-order valence-corrected chi connectivity index (χ2v) is 2.80. The van der Waals surface area contributed by atoms with Gasteiger partial charge in [-0.3, -0.25) is 0 Å². The summed E-state index contributed by atoms with van der Waals surface area (Å²) >= 11 is 3.31. The molecule has 50 valence electrons. The van der Waals surface area contributed by atoms with Crippen LogP contribution in [0.15, 0.2) is 27.2 Å². The van der Waals surface area contributed by atoms with Crippen LogP contribution in [-0.4, -0.2) is 10.4 Å². The summed E-state index contributed by atoms with van der Waals surface area (Å²) in [6.45, 7) is 0. The Morgan fingerprint density at radius 2 is 2.30 bits per heavy atom. The number of hydrogen-bond acceptors (Lipinski definition) is 3. The van der Waals surface area contributed by atoms with Crippen molar-refractivity contribution >= 4 is 27.0 Å². The molecule has 0 fully saturated rings. The molecule has 0 bridgehead atoms. The molecule has 0 N–H and O–H groups in total. The molecule has 0 aliphatic heterocycles. The van der Waals surface area contributed by atoms with Crippen LogP contribution in [0.3, 0.4) is 0 Å². The number of fused-ring (bicyclic) bond motifs is 1. The van der Waals surface area contributed by atoms with E-state index in [1.807, 2.05) is 18.2 Å². The van der Waals surface area contributed by atoms with E-state index in [1.54, 1.807) is 0 Å². The van der Waals surface area contributed by atoms with Gasteiger partial charge in [-0.2, -0.15) is 0 Å². The van der Waals surface area contributed by atoms with Gasteiger partial charge in [0.25, 0.3) is 0 Å². The molecule has 10 heavy (non-hydrogen) atoms. The maximum absolute atomic E-state index is 4.79. The molecule has 0 saturated carbocycles. The Kier molecular flexibility index (Phi) is 1.20. The number of aromatic nitrogens is 2. The van der Waals surface area contributed by atoms with Gasteiger partial charge in [-0.05, 0) is 18.2 Å². The largest absolute Gasteiger partial charge is 0.337 e. The molecule has 0 saturated heterocycles. The number of hydrogen-bond donors (Lipinski definition) is 0. The zero-order chi connectivity index (χ0) is 6.97. The van der Waals surface area contributed by atoms with Crippen LogP contribution in [0, 0.1) is 0 Å². The Bertz CT molecular complexity index is 357. The Balaban J connectivity index is 2.86. The van der Waals surface area contributed by atoms with Gasteiger partial charge in [0.1, 0.15) is 5.52 Å². The maximum Gasteiger partial charge on any atom is 0.187 e. The molecule has 0 amide bonds. The molecule has 2 rings (SSSR count). The van der Waals surface area contributed by atoms with Gasteiger partial charge in [0.05, 0.1) is 0 Å². The van der Waals surface area contributed by atoms with Crippen LogP contribution in [-0.2, 0) is 0 Å². The topological polar surface area (TPSA) is 38.9 Å². The molecule has 3 nitrogen and oxygen atoms in total. The second-order valence-electron chi connectivity index (χ2n) is 1.88. The number of nitrogens with zero attached hydrogens (tertiary/aromatic N) is 2. The quantitative estimate of drug-likeness (QED) is 0.651. The third kappa shape index (κ3) is 0.806. The van der Waals surface area contributed by atoms with Crippen molar-refractivity contribution in [2.45, 2.75) is 0 Å². The predicted octanol–water partition coefficient (Wildman–Crippen LogP) is 1.99. The zero-order valence-electron chi connectivity index (χ0n) is 4.91. The van der Waals surface area contributed by atoms with Crippen LogP contribution >= 0.6 is 15.9 Å². The van der Waals surface area contributed by atoms with Crippen molar-refractivity contribution in [3.05, 3.63) is 22.7 Å². The molecule has 1 aromatic carbocycles. The summed E-state index contributed by atoms with van der Waals surface area (Å²) < 4.78 is 5.77. The van der Waals surface area contributed by atoms with Crippen molar-refractivity contribution in [3.63, 3.8) is 0 Å². The maximum atomic E-state index is 4.79. The Hall–Kier alpha value is -0.900. The van der Waals surface area contributed by atoms with E-state index in [4.69, 9.17) is 4.52 Å². The third-order valence-corrected chi connectivity index (χ3v) is 1.70. The van der Waals surface area contributed by atoms with Crippen molar-refractivity contribution in [2.24, 2.45) is 0 Å². The van der Waals surface area contributed by atoms with Gasteiger partial charge in [0.2, 0.25) is 0 Å². The highest BCUT2D eigenvalue weighted by atomic mass is 79.9.